The maximum absolute atomic E-state index is 9.93. The molecule has 1 fully saturated rings. The number of fused-ring (bicyclic) bond motifs is 1. The summed E-state index contributed by atoms with van der Waals surface area (Å²) in [4.78, 5) is 0. The molecule has 0 atom stereocenters. The number of ether oxygens (including phenoxy) is 2. The molecular formula is C14H19NO3. The molecule has 4 heteroatoms. The van der Waals surface area contributed by atoms with Crippen molar-refractivity contribution in [3.63, 3.8) is 0 Å². The van der Waals surface area contributed by atoms with Crippen molar-refractivity contribution >= 4 is 0 Å². The largest absolute Gasteiger partial charge is 0.507 e. The molecule has 0 unspecified atom stereocenters. The minimum absolute atomic E-state index is 0.244. The highest BCUT2D eigenvalue weighted by Gasteiger charge is 2.18. The molecule has 2 N–H and O–H groups in total. The molecule has 0 radical (unpaired) electrons. The van der Waals surface area contributed by atoms with Crippen LogP contribution in [0.1, 0.15) is 37.7 Å². The van der Waals surface area contributed by atoms with Gasteiger partial charge in [-0.25, -0.2) is 0 Å². The van der Waals surface area contributed by atoms with Crippen LogP contribution in [0.5, 0.6) is 17.2 Å². The molecule has 2 aliphatic rings. The van der Waals surface area contributed by atoms with E-state index in [1.807, 2.05) is 6.07 Å². The topological polar surface area (TPSA) is 50.7 Å². The number of nitrogens with one attached hydrogen (secondary N) is 1. The summed E-state index contributed by atoms with van der Waals surface area (Å²) in [7, 11) is 0. The Morgan fingerprint density at radius 3 is 2.61 bits per heavy atom. The lowest BCUT2D eigenvalue weighted by molar-refractivity contribution is 0.174. The summed E-state index contributed by atoms with van der Waals surface area (Å²) in [6, 6.07) is 4.09. The predicted octanol–water partition coefficient (Wildman–Crippen LogP) is 2.54. The van der Waals surface area contributed by atoms with E-state index in [4.69, 9.17) is 9.47 Å². The third-order valence-corrected chi connectivity index (χ3v) is 3.76. The number of phenols is 1. The van der Waals surface area contributed by atoms with Gasteiger partial charge in [-0.1, -0.05) is 19.3 Å². The first kappa shape index (κ1) is 11.7. The highest BCUT2D eigenvalue weighted by atomic mass is 16.7. The van der Waals surface area contributed by atoms with E-state index in [1.165, 1.54) is 32.1 Å². The molecule has 1 aliphatic heterocycles. The Bertz CT molecular complexity index is 427. The second-order valence-corrected chi connectivity index (χ2v) is 5.05. The lowest BCUT2D eigenvalue weighted by Gasteiger charge is -2.23. The van der Waals surface area contributed by atoms with Crippen molar-refractivity contribution < 1.29 is 14.6 Å². The van der Waals surface area contributed by atoms with Gasteiger partial charge >= 0.3 is 0 Å². The number of hydrogen-bond acceptors (Lipinski definition) is 4. The third-order valence-electron chi connectivity index (χ3n) is 3.76. The second kappa shape index (κ2) is 5.06. The summed E-state index contributed by atoms with van der Waals surface area (Å²) in [6.07, 6.45) is 6.46. The molecule has 4 nitrogen and oxygen atoms in total. The van der Waals surface area contributed by atoms with Crippen LogP contribution in [-0.2, 0) is 6.54 Å². The molecule has 1 saturated carbocycles. The van der Waals surface area contributed by atoms with E-state index in [1.54, 1.807) is 6.07 Å². The van der Waals surface area contributed by atoms with Gasteiger partial charge in [0, 0.05) is 24.2 Å². The van der Waals surface area contributed by atoms with Gasteiger partial charge in [-0.05, 0) is 18.9 Å². The van der Waals surface area contributed by atoms with Gasteiger partial charge < -0.3 is 19.9 Å². The molecule has 98 valence electrons. The van der Waals surface area contributed by atoms with E-state index >= 15 is 0 Å². The number of rotatable bonds is 3. The average Bonchev–Trinajstić information content (AvgIpc) is 2.84. The van der Waals surface area contributed by atoms with Gasteiger partial charge in [0.2, 0.25) is 6.79 Å². The summed E-state index contributed by atoms with van der Waals surface area (Å²) in [5.74, 6) is 1.64. The quantitative estimate of drug-likeness (QED) is 0.864. The molecule has 0 saturated heterocycles. The van der Waals surface area contributed by atoms with Crippen LogP contribution in [0.3, 0.4) is 0 Å². The van der Waals surface area contributed by atoms with Gasteiger partial charge in [0.1, 0.15) is 5.75 Å². The second-order valence-electron chi connectivity index (χ2n) is 5.05. The zero-order chi connectivity index (χ0) is 12.4. The summed E-state index contributed by atoms with van der Waals surface area (Å²) in [6.45, 7) is 0.932. The van der Waals surface area contributed by atoms with Crippen LogP contribution in [-0.4, -0.2) is 17.9 Å². The predicted molar refractivity (Wildman–Crippen MR) is 67.9 cm³/mol. The standard InChI is InChI=1S/C14H19NO3/c16-12-7-14-13(17-9-18-14)6-10(12)8-15-11-4-2-1-3-5-11/h6-7,11,15-16H,1-5,8-9H2. The first-order valence-electron chi connectivity index (χ1n) is 6.68. The Labute approximate surface area is 107 Å². The van der Waals surface area contributed by atoms with Crippen LogP contribution in [0.2, 0.25) is 0 Å². The van der Waals surface area contributed by atoms with E-state index in [9.17, 15) is 5.11 Å². The minimum Gasteiger partial charge on any atom is -0.507 e. The van der Waals surface area contributed by atoms with Crippen molar-refractivity contribution in [1.29, 1.82) is 0 Å². The molecule has 18 heavy (non-hydrogen) atoms. The van der Waals surface area contributed by atoms with Crippen LogP contribution in [0.15, 0.2) is 12.1 Å². The summed E-state index contributed by atoms with van der Waals surface area (Å²) in [5, 5.41) is 13.4. The Morgan fingerprint density at radius 2 is 1.83 bits per heavy atom. The maximum Gasteiger partial charge on any atom is 0.231 e. The summed E-state index contributed by atoms with van der Waals surface area (Å²) in [5.41, 5.74) is 0.879. The number of aromatic hydroxyl groups is 1. The lowest BCUT2D eigenvalue weighted by atomic mass is 9.95. The van der Waals surface area contributed by atoms with Gasteiger partial charge in [0.25, 0.3) is 0 Å². The van der Waals surface area contributed by atoms with Gasteiger partial charge in [-0.15, -0.1) is 0 Å². The number of hydrogen-bond donors (Lipinski definition) is 2. The Balaban J connectivity index is 1.65. The highest BCUT2D eigenvalue weighted by molar-refractivity contribution is 5.51. The fraction of sp³-hybridized carbons (Fsp3) is 0.571. The third kappa shape index (κ3) is 2.38. The van der Waals surface area contributed by atoms with Gasteiger partial charge in [-0.3, -0.25) is 0 Å². The normalized spacial score (nSPS) is 19.1. The van der Waals surface area contributed by atoms with Crippen LogP contribution in [0.25, 0.3) is 0 Å². The lowest BCUT2D eigenvalue weighted by Crippen LogP contribution is -2.30. The number of benzene rings is 1. The maximum atomic E-state index is 9.93. The monoisotopic (exact) mass is 249 g/mol. The van der Waals surface area contributed by atoms with E-state index in [-0.39, 0.29) is 12.5 Å². The Kier molecular flexibility index (Phi) is 3.28. The molecular weight excluding hydrogens is 230 g/mol. The van der Waals surface area contributed by atoms with Gasteiger partial charge in [-0.2, -0.15) is 0 Å². The van der Waals surface area contributed by atoms with Crippen LogP contribution < -0.4 is 14.8 Å². The van der Waals surface area contributed by atoms with Crippen molar-refractivity contribution in [3.8, 4) is 17.2 Å². The van der Waals surface area contributed by atoms with Crippen molar-refractivity contribution in [2.75, 3.05) is 6.79 Å². The molecule has 1 aromatic rings. The van der Waals surface area contributed by atoms with Crippen molar-refractivity contribution in [2.45, 2.75) is 44.7 Å². The molecule has 1 aliphatic carbocycles. The van der Waals surface area contributed by atoms with Gasteiger partial charge in [0.15, 0.2) is 11.5 Å². The van der Waals surface area contributed by atoms with Crippen LogP contribution in [0.4, 0.5) is 0 Å². The average molecular weight is 249 g/mol. The number of phenolic OH excluding ortho intramolecular Hbond substituents is 1. The summed E-state index contributed by atoms with van der Waals surface area (Å²) >= 11 is 0. The smallest absolute Gasteiger partial charge is 0.231 e. The summed E-state index contributed by atoms with van der Waals surface area (Å²) < 4.78 is 10.6. The van der Waals surface area contributed by atoms with E-state index < -0.39 is 0 Å². The van der Waals surface area contributed by atoms with Crippen molar-refractivity contribution in [1.82, 2.24) is 5.32 Å². The van der Waals surface area contributed by atoms with Crippen LogP contribution >= 0.6 is 0 Å². The zero-order valence-corrected chi connectivity index (χ0v) is 10.4. The highest BCUT2D eigenvalue weighted by Crippen LogP contribution is 2.37. The molecule has 3 rings (SSSR count). The van der Waals surface area contributed by atoms with Crippen LogP contribution in [0, 0.1) is 0 Å². The SMILES string of the molecule is Oc1cc2c(cc1CNC1CCCCC1)OCO2. The fourth-order valence-electron chi connectivity index (χ4n) is 2.68. The first-order valence-corrected chi connectivity index (χ1v) is 6.68. The fourth-order valence-corrected chi connectivity index (χ4v) is 2.68. The molecule has 0 bridgehead atoms. The molecule has 1 heterocycles. The minimum atomic E-state index is 0.244. The molecule has 1 aromatic carbocycles. The molecule has 0 spiro atoms. The molecule has 0 aromatic heterocycles. The van der Waals surface area contributed by atoms with E-state index in [0.717, 1.165) is 11.3 Å². The van der Waals surface area contributed by atoms with Crippen molar-refractivity contribution in [2.24, 2.45) is 0 Å². The van der Waals surface area contributed by atoms with Crippen molar-refractivity contribution in [3.05, 3.63) is 17.7 Å². The van der Waals surface area contributed by atoms with Gasteiger partial charge in [0.05, 0.1) is 0 Å². The Morgan fingerprint density at radius 1 is 1.11 bits per heavy atom. The molecule has 0 amide bonds. The Hall–Kier alpha value is -1.42. The first-order chi connectivity index (χ1) is 8.83. The van der Waals surface area contributed by atoms with E-state index in [2.05, 4.69) is 5.32 Å². The van der Waals surface area contributed by atoms with E-state index in [0.29, 0.717) is 18.3 Å². The zero-order valence-electron chi connectivity index (χ0n) is 10.4.